The molecule has 0 radical (unpaired) electrons. The van der Waals surface area contributed by atoms with E-state index >= 15 is 0 Å². The van der Waals surface area contributed by atoms with Gasteiger partial charge in [0.05, 0.1) is 5.92 Å². The van der Waals surface area contributed by atoms with Gasteiger partial charge in [0.2, 0.25) is 11.8 Å². The lowest BCUT2D eigenvalue weighted by Gasteiger charge is -2.44. The molecule has 4 rings (SSSR count). The summed E-state index contributed by atoms with van der Waals surface area (Å²) in [6, 6.07) is 6.00. The molecule has 200 valence electrons. The molecule has 3 aliphatic rings. The van der Waals surface area contributed by atoms with Crippen LogP contribution in [0.25, 0.3) is 0 Å². The lowest BCUT2D eigenvalue weighted by Crippen LogP contribution is -2.71. The molecule has 2 amide bonds. The van der Waals surface area contributed by atoms with Crippen LogP contribution in [0.5, 0.6) is 0 Å². The third-order valence-corrected chi connectivity index (χ3v) is 9.21. The van der Waals surface area contributed by atoms with Gasteiger partial charge in [-0.2, -0.15) is 0 Å². The summed E-state index contributed by atoms with van der Waals surface area (Å²) in [6.45, 7) is 3.17. The predicted octanol–water partition coefficient (Wildman–Crippen LogP) is 1.12. The maximum atomic E-state index is 13.2. The summed E-state index contributed by atoms with van der Waals surface area (Å²) in [5, 5.41) is 21.2. The number of amides is 2. The number of nitrogens with one attached hydrogen (secondary N) is 1. The van der Waals surface area contributed by atoms with E-state index in [2.05, 4.69) is 5.32 Å². The molecule has 2 aliphatic heterocycles. The molecule has 2 saturated heterocycles. The zero-order valence-corrected chi connectivity index (χ0v) is 21.4. The van der Waals surface area contributed by atoms with E-state index in [9.17, 15) is 34.2 Å². The predicted molar refractivity (Wildman–Crippen MR) is 132 cm³/mol. The zero-order chi connectivity index (χ0) is 27.1. The number of thioether (sulfide) groups is 1. The van der Waals surface area contributed by atoms with Crippen LogP contribution in [0.4, 0.5) is 0 Å². The first-order valence-corrected chi connectivity index (χ1v) is 13.0. The van der Waals surface area contributed by atoms with Crippen molar-refractivity contribution in [3.8, 4) is 0 Å². The van der Waals surface area contributed by atoms with E-state index in [0.29, 0.717) is 5.56 Å². The molecule has 12 heteroatoms. The van der Waals surface area contributed by atoms with E-state index in [1.54, 1.807) is 44.2 Å². The Morgan fingerprint density at radius 2 is 1.78 bits per heavy atom. The average Bonchev–Trinajstić information content (AvgIpc) is 3.13. The van der Waals surface area contributed by atoms with E-state index in [-0.39, 0.29) is 25.7 Å². The van der Waals surface area contributed by atoms with Crippen LogP contribution < -0.4 is 11.1 Å². The molecule has 11 nitrogen and oxygen atoms in total. The Morgan fingerprint density at radius 1 is 1.16 bits per heavy atom. The number of hydrogen-bond acceptors (Lipinski definition) is 8. The Bertz CT molecular complexity index is 1100. The number of esters is 1. The van der Waals surface area contributed by atoms with Crippen LogP contribution in [0.1, 0.15) is 51.1 Å². The smallest absolute Gasteiger partial charge is 0.330 e. The van der Waals surface area contributed by atoms with Gasteiger partial charge in [-0.05, 0) is 45.1 Å². The summed E-state index contributed by atoms with van der Waals surface area (Å²) in [4.78, 5) is 63.6. The van der Waals surface area contributed by atoms with Crippen molar-refractivity contribution in [2.75, 3.05) is 6.61 Å². The zero-order valence-electron chi connectivity index (χ0n) is 20.6. The lowest BCUT2D eigenvalue weighted by atomic mass is 9.71. The summed E-state index contributed by atoms with van der Waals surface area (Å²) < 4.78 is 4.74. The molecule has 0 spiro atoms. The molecule has 1 saturated carbocycles. The van der Waals surface area contributed by atoms with Crippen LogP contribution >= 0.6 is 11.8 Å². The maximum Gasteiger partial charge on any atom is 0.330 e. The van der Waals surface area contributed by atoms with E-state index in [1.807, 2.05) is 0 Å². The number of carboxylic acids is 2. The van der Waals surface area contributed by atoms with Gasteiger partial charge in [-0.3, -0.25) is 19.2 Å². The van der Waals surface area contributed by atoms with Crippen molar-refractivity contribution in [1.29, 1.82) is 0 Å². The number of fused-ring (bicyclic) bond motifs is 1. The van der Waals surface area contributed by atoms with Crippen LogP contribution in [0.3, 0.4) is 0 Å². The van der Waals surface area contributed by atoms with Crippen LogP contribution in [0.2, 0.25) is 0 Å². The quantitative estimate of drug-likeness (QED) is 0.280. The highest BCUT2D eigenvalue weighted by molar-refractivity contribution is 8.01. The van der Waals surface area contributed by atoms with Gasteiger partial charge in [-0.25, -0.2) is 4.79 Å². The number of hydrogen-bond donors (Lipinski definition) is 4. The SMILES string of the molecule is CC1(C)S[C@@H]2[C@H](NC(=O)C(N)c3ccccc3)C(=O)N2[C@H]1C(=O)OC[C@]1(C(=O)O)CC[C@H](C(=O)O)CC1. The fraction of sp³-hybridized carbons (Fsp3) is 0.560. The Balaban J connectivity index is 1.40. The number of carboxylic acid groups (broad SMARTS) is 2. The van der Waals surface area contributed by atoms with Gasteiger partial charge < -0.3 is 30.9 Å². The Labute approximate surface area is 218 Å². The van der Waals surface area contributed by atoms with Crippen LogP contribution in [0, 0.1) is 11.3 Å². The van der Waals surface area contributed by atoms with Crippen molar-refractivity contribution in [1.82, 2.24) is 10.2 Å². The largest absolute Gasteiger partial charge is 0.481 e. The van der Waals surface area contributed by atoms with Crippen molar-refractivity contribution >= 4 is 41.5 Å². The second-order valence-corrected chi connectivity index (χ2v) is 12.2. The number of benzene rings is 1. The molecule has 37 heavy (non-hydrogen) atoms. The van der Waals surface area contributed by atoms with Crippen molar-refractivity contribution < 1.29 is 38.9 Å². The minimum atomic E-state index is -1.36. The molecule has 5 N–H and O–H groups in total. The summed E-state index contributed by atoms with van der Waals surface area (Å²) in [5.74, 6) is -4.38. The van der Waals surface area contributed by atoms with Crippen LogP contribution in [0.15, 0.2) is 30.3 Å². The third kappa shape index (κ3) is 4.91. The molecule has 2 heterocycles. The first kappa shape index (κ1) is 26.9. The van der Waals surface area contributed by atoms with E-state index in [1.165, 1.54) is 16.7 Å². The molecule has 1 aromatic carbocycles. The molecule has 3 fully saturated rings. The lowest BCUT2D eigenvalue weighted by molar-refractivity contribution is -0.172. The number of ether oxygens (including phenoxy) is 1. The van der Waals surface area contributed by atoms with E-state index in [4.69, 9.17) is 10.5 Å². The van der Waals surface area contributed by atoms with Crippen LogP contribution in [-0.2, 0) is 28.7 Å². The summed E-state index contributed by atoms with van der Waals surface area (Å²) in [6.07, 6.45) is 0.527. The summed E-state index contributed by atoms with van der Waals surface area (Å²) >= 11 is 1.35. The molecular formula is C25H31N3O8S. The van der Waals surface area contributed by atoms with Crippen molar-refractivity contribution in [3.63, 3.8) is 0 Å². The number of nitrogens with zero attached hydrogens (tertiary/aromatic N) is 1. The van der Waals surface area contributed by atoms with Crippen molar-refractivity contribution in [3.05, 3.63) is 35.9 Å². The highest BCUT2D eigenvalue weighted by Crippen LogP contribution is 2.51. The molecule has 1 unspecified atom stereocenters. The van der Waals surface area contributed by atoms with Gasteiger partial charge in [0.15, 0.2) is 0 Å². The van der Waals surface area contributed by atoms with Gasteiger partial charge in [-0.15, -0.1) is 11.8 Å². The monoisotopic (exact) mass is 533 g/mol. The molecule has 1 aromatic rings. The normalized spacial score (nSPS) is 31.0. The highest BCUT2D eigenvalue weighted by atomic mass is 32.2. The van der Waals surface area contributed by atoms with Crippen molar-refractivity contribution in [2.45, 2.75) is 67.8 Å². The number of carbonyl (C=O) groups excluding carboxylic acids is 3. The van der Waals surface area contributed by atoms with Gasteiger partial charge >= 0.3 is 17.9 Å². The maximum absolute atomic E-state index is 13.2. The Hall–Kier alpha value is -3.12. The summed E-state index contributed by atoms with van der Waals surface area (Å²) in [7, 11) is 0. The van der Waals surface area contributed by atoms with Gasteiger partial charge in [0.25, 0.3) is 0 Å². The Kier molecular flexibility index (Phi) is 7.26. The third-order valence-electron chi connectivity index (χ3n) is 7.64. The molecule has 1 aliphatic carbocycles. The summed E-state index contributed by atoms with van der Waals surface area (Å²) in [5.41, 5.74) is 5.30. The fourth-order valence-corrected chi connectivity index (χ4v) is 6.93. The topological polar surface area (TPSA) is 176 Å². The second-order valence-electron chi connectivity index (χ2n) is 10.4. The number of aliphatic carboxylic acids is 2. The number of rotatable bonds is 8. The fourth-order valence-electron chi connectivity index (χ4n) is 5.31. The van der Waals surface area contributed by atoms with Gasteiger partial charge in [0, 0.05) is 4.75 Å². The van der Waals surface area contributed by atoms with Crippen molar-refractivity contribution in [2.24, 2.45) is 17.1 Å². The van der Waals surface area contributed by atoms with Gasteiger partial charge in [0.1, 0.15) is 35.5 Å². The van der Waals surface area contributed by atoms with Crippen LogP contribution in [-0.4, -0.2) is 73.6 Å². The number of β-lactam (4-membered cyclic amide) rings is 1. The Morgan fingerprint density at radius 3 is 2.35 bits per heavy atom. The number of carbonyl (C=O) groups is 5. The molecular weight excluding hydrogens is 502 g/mol. The molecule has 0 aromatic heterocycles. The number of nitrogens with two attached hydrogens (primary N) is 1. The highest BCUT2D eigenvalue weighted by Gasteiger charge is 2.64. The van der Waals surface area contributed by atoms with E-state index < -0.39 is 75.9 Å². The minimum absolute atomic E-state index is 0.0798. The molecule has 4 atom stereocenters. The molecule has 0 bridgehead atoms. The first-order chi connectivity index (χ1) is 17.4. The second kappa shape index (κ2) is 9.97. The first-order valence-electron chi connectivity index (χ1n) is 12.1. The minimum Gasteiger partial charge on any atom is -0.481 e. The standard InChI is InChI=1S/C25H31N3O8S/c1-24(2)17(22(33)36-12-25(23(34)35)10-8-14(9-11-25)21(31)32)28-19(30)16(20(28)37-24)27-18(29)15(26)13-6-4-3-5-7-13/h3-7,14-17,20H,8-12,26H2,1-2H3,(H,27,29)(H,31,32)(H,34,35)/t14-,15?,16-,17+,20-,25-/m1/s1. The van der Waals surface area contributed by atoms with E-state index in [0.717, 1.165) is 0 Å². The van der Waals surface area contributed by atoms with Gasteiger partial charge in [-0.1, -0.05) is 30.3 Å². The average molecular weight is 534 g/mol.